The van der Waals surface area contributed by atoms with Crippen molar-refractivity contribution in [1.82, 2.24) is 25.4 Å². The van der Waals surface area contributed by atoms with Crippen molar-refractivity contribution in [3.05, 3.63) is 35.4 Å². The average Bonchev–Trinajstić information content (AvgIpc) is 3.40. The second kappa shape index (κ2) is 9.36. The van der Waals surface area contributed by atoms with E-state index in [0.717, 1.165) is 66.9 Å². The van der Waals surface area contributed by atoms with Crippen molar-refractivity contribution < 1.29 is 9.47 Å². The number of ether oxygens (including phenoxy) is 2. The quantitative estimate of drug-likeness (QED) is 0.560. The Bertz CT molecular complexity index is 888. The third kappa shape index (κ3) is 4.68. The molecule has 2 N–H and O–H groups in total. The van der Waals surface area contributed by atoms with Gasteiger partial charge in [0.1, 0.15) is 23.1 Å². The summed E-state index contributed by atoms with van der Waals surface area (Å²) in [5, 5.41) is 11.4. The van der Waals surface area contributed by atoms with Gasteiger partial charge in [0, 0.05) is 31.8 Å². The highest BCUT2D eigenvalue weighted by atomic mass is 16.5. The monoisotopic (exact) mass is 412 g/mol. The topological polar surface area (TPSA) is 85.6 Å². The lowest BCUT2D eigenvalue weighted by Gasteiger charge is -2.25. The van der Waals surface area contributed by atoms with Crippen molar-refractivity contribution in [1.29, 1.82) is 0 Å². The van der Waals surface area contributed by atoms with E-state index in [9.17, 15) is 0 Å². The van der Waals surface area contributed by atoms with Gasteiger partial charge in [-0.2, -0.15) is 5.10 Å². The number of fused-ring (bicyclic) bond motifs is 1. The Morgan fingerprint density at radius 2 is 2.07 bits per heavy atom. The number of rotatable bonds is 6. The van der Waals surface area contributed by atoms with Crippen molar-refractivity contribution in [2.24, 2.45) is 4.99 Å². The molecule has 4 rings (SSSR count). The lowest BCUT2D eigenvalue weighted by atomic mass is 10.1. The zero-order valence-corrected chi connectivity index (χ0v) is 18.1. The zero-order valence-electron chi connectivity index (χ0n) is 18.1. The zero-order chi connectivity index (χ0) is 20.9. The van der Waals surface area contributed by atoms with Gasteiger partial charge in [0.2, 0.25) is 0 Å². The molecule has 1 aliphatic carbocycles. The number of benzene rings is 1. The van der Waals surface area contributed by atoms with Gasteiger partial charge in [-0.3, -0.25) is 4.99 Å². The minimum Gasteiger partial charge on any atom is -0.497 e. The third-order valence-electron chi connectivity index (χ3n) is 5.83. The Morgan fingerprint density at radius 3 is 2.83 bits per heavy atom. The summed E-state index contributed by atoms with van der Waals surface area (Å²) in [5.74, 6) is 4.24. The van der Waals surface area contributed by atoms with Crippen LogP contribution in [0.15, 0.2) is 23.2 Å². The van der Waals surface area contributed by atoms with Crippen molar-refractivity contribution >= 4 is 5.96 Å². The molecule has 0 spiro atoms. The summed E-state index contributed by atoms with van der Waals surface area (Å²) in [4.78, 5) is 9.02. The van der Waals surface area contributed by atoms with Crippen LogP contribution < -0.4 is 20.1 Å². The summed E-state index contributed by atoms with van der Waals surface area (Å²) in [6.07, 6.45) is 7.10. The number of aryl methyl sites for hydroxylation is 2. The standard InChI is InChI=1S/C22H32N6O2/c1-15-25-21-19(9-6-12-28(21)27-15)26-22(23-2)24-14-16-10-11-18(29-3)13-20(16)30-17-7-4-5-8-17/h10-11,13,17,19H,4-9,12,14H2,1-3H3,(H2,23,24,26). The fourth-order valence-electron chi connectivity index (χ4n) is 4.25. The minimum atomic E-state index is 0.108. The van der Waals surface area contributed by atoms with Crippen LogP contribution in [0.25, 0.3) is 0 Å². The molecule has 0 amide bonds. The summed E-state index contributed by atoms with van der Waals surface area (Å²) < 4.78 is 13.7. The molecule has 2 aliphatic rings. The molecule has 2 aromatic rings. The van der Waals surface area contributed by atoms with Gasteiger partial charge in [-0.1, -0.05) is 0 Å². The van der Waals surface area contributed by atoms with Crippen LogP contribution >= 0.6 is 0 Å². The van der Waals surface area contributed by atoms with Gasteiger partial charge in [-0.05, 0) is 57.6 Å². The first-order valence-electron chi connectivity index (χ1n) is 10.9. The molecule has 1 aromatic carbocycles. The van der Waals surface area contributed by atoms with Crippen LogP contribution in [0.3, 0.4) is 0 Å². The third-order valence-corrected chi connectivity index (χ3v) is 5.83. The average molecular weight is 413 g/mol. The predicted octanol–water partition coefficient (Wildman–Crippen LogP) is 3.12. The molecule has 30 heavy (non-hydrogen) atoms. The van der Waals surface area contributed by atoms with Crippen LogP contribution in [0.5, 0.6) is 11.5 Å². The Kier molecular flexibility index (Phi) is 6.40. The molecular formula is C22H32N6O2. The van der Waals surface area contributed by atoms with E-state index in [2.05, 4.69) is 31.8 Å². The van der Waals surface area contributed by atoms with Gasteiger partial charge in [0.25, 0.3) is 0 Å². The Labute approximate surface area is 178 Å². The molecule has 1 saturated carbocycles. The van der Waals surface area contributed by atoms with Gasteiger partial charge in [0.15, 0.2) is 5.96 Å². The summed E-state index contributed by atoms with van der Waals surface area (Å²) in [5.41, 5.74) is 1.09. The summed E-state index contributed by atoms with van der Waals surface area (Å²) >= 11 is 0. The number of nitrogens with zero attached hydrogens (tertiary/aromatic N) is 4. The molecule has 1 fully saturated rings. The summed E-state index contributed by atoms with van der Waals surface area (Å²) in [6.45, 7) is 3.48. The van der Waals surface area contributed by atoms with Crippen LogP contribution in [0.4, 0.5) is 0 Å². The van der Waals surface area contributed by atoms with Gasteiger partial charge in [0.05, 0.1) is 19.3 Å². The van der Waals surface area contributed by atoms with Gasteiger partial charge < -0.3 is 20.1 Å². The summed E-state index contributed by atoms with van der Waals surface area (Å²) in [7, 11) is 3.47. The Hall–Kier alpha value is -2.77. The maximum atomic E-state index is 6.31. The highest BCUT2D eigenvalue weighted by Gasteiger charge is 2.24. The number of hydrogen-bond acceptors (Lipinski definition) is 5. The van der Waals surface area contributed by atoms with E-state index in [0.29, 0.717) is 12.6 Å². The number of nitrogens with one attached hydrogen (secondary N) is 2. The highest BCUT2D eigenvalue weighted by molar-refractivity contribution is 5.80. The number of aliphatic imine (C=N–C) groups is 1. The van der Waals surface area contributed by atoms with Crippen LogP contribution in [-0.4, -0.2) is 41.0 Å². The first-order valence-corrected chi connectivity index (χ1v) is 10.9. The molecule has 8 nitrogen and oxygen atoms in total. The van der Waals surface area contributed by atoms with E-state index < -0.39 is 0 Å². The van der Waals surface area contributed by atoms with Crippen molar-refractivity contribution in [3.8, 4) is 11.5 Å². The highest BCUT2D eigenvalue weighted by Crippen LogP contribution is 2.30. The maximum Gasteiger partial charge on any atom is 0.191 e. The van der Waals surface area contributed by atoms with Crippen LogP contribution in [-0.2, 0) is 13.1 Å². The predicted molar refractivity (Wildman–Crippen MR) is 116 cm³/mol. The van der Waals surface area contributed by atoms with E-state index >= 15 is 0 Å². The fraction of sp³-hybridized carbons (Fsp3) is 0.591. The lowest BCUT2D eigenvalue weighted by molar-refractivity contribution is 0.207. The molecule has 1 unspecified atom stereocenters. The number of methoxy groups -OCH3 is 1. The second-order valence-corrected chi connectivity index (χ2v) is 8.00. The molecule has 0 saturated heterocycles. The van der Waals surface area contributed by atoms with E-state index in [-0.39, 0.29) is 6.04 Å². The van der Waals surface area contributed by atoms with Crippen LogP contribution in [0, 0.1) is 6.92 Å². The van der Waals surface area contributed by atoms with Gasteiger partial charge in [-0.25, -0.2) is 9.67 Å². The number of guanidine groups is 1. The smallest absolute Gasteiger partial charge is 0.191 e. The SMILES string of the molecule is CN=C(NCc1ccc(OC)cc1OC1CCCC1)NC1CCCn2nc(C)nc21. The first kappa shape index (κ1) is 20.5. The Morgan fingerprint density at radius 1 is 1.23 bits per heavy atom. The van der Waals surface area contributed by atoms with E-state index in [1.54, 1.807) is 14.2 Å². The van der Waals surface area contributed by atoms with Crippen LogP contribution in [0.2, 0.25) is 0 Å². The molecule has 1 atom stereocenters. The maximum absolute atomic E-state index is 6.31. The molecular weight excluding hydrogens is 380 g/mol. The van der Waals surface area contributed by atoms with E-state index in [1.165, 1.54) is 12.8 Å². The lowest BCUT2D eigenvalue weighted by Crippen LogP contribution is -2.41. The largest absolute Gasteiger partial charge is 0.497 e. The van der Waals surface area contributed by atoms with Crippen LogP contribution in [0.1, 0.15) is 61.8 Å². The molecule has 0 bridgehead atoms. The molecule has 0 radical (unpaired) electrons. The Balaban J connectivity index is 1.43. The molecule has 162 valence electrons. The van der Waals surface area contributed by atoms with E-state index in [4.69, 9.17) is 9.47 Å². The van der Waals surface area contributed by atoms with Crippen molar-refractivity contribution in [2.75, 3.05) is 14.2 Å². The number of hydrogen-bond donors (Lipinski definition) is 2. The molecule has 1 aromatic heterocycles. The first-order chi connectivity index (χ1) is 14.7. The van der Waals surface area contributed by atoms with Gasteiger partial charge in [-0.15, -0.1) is 0 Å². The van der Waals surface area contributed by atoms with E-state index in [1.807, 2.05) is 23.7 Å². The molecule has 8 heteroatoms. The summed E-state index contributed by atoms with van der Waals surface area (Å²) in [6, 6.07) is 6.12. The normalized spacial score (nSPS) is 19.4. The molecule has 1 aliphatic heterocycles. The molecule has 2 heterocycles. The minimum absolute atomic E-state index is 0.108. The number of aromatic nitrogens is 3. The van der Waals surface area contributed by atoms with Gasteiger partial charge >= 0.3 is 0 Å². The fourth-order valence-corrected chi connectivity index (χ4v) is 4.25. The van der Waals surface area contributed by atoms with Crippen molar-refractivity contribution in [3.63, 3.8) is 0 Å². The second-order valence-electron chi connectivity index (χ2n) is 8.00. The van der Waals surface area contributed by atoms with Crippen molar-refractivity contribution in [2.45, 2.75) is 70.7 Å².